The Balaban J connectivity index is 2.48. The van der Waals surface area contributed by atoms with Crippen molar-refractivity contribution in [2.75, 3.05) is 11.4 Å². The van der Waals surface area contributed by atoms with Crippen LogP contribution in [0.15, 0.2) is 18.2 Å². The number of carbonyl (C=O) groups is 1. The number of anilines is 1. The summed E-state index contributed by atoms with van der Waals surface area (Å²) in [6.45, 7) is 0.365. The number of hydrogen-bond donors (Lipinski definition) is 1. The molecule has 0 saturated carbocycles. The number of fused-ring (bicyclic) bond motifs is 1. The van der Waals surface area contributed by atoms with Gasteiger partial charge in [-0.2, -0.15) is 13.2 Å². The minimum atomic E-state index is -4.41. The second-order valence-electron chi connectivity index (χ2n) is 3.93. The lowest BCUT2D eigenvalue weighted by molar-refractivity contribution is -0.137. The second kappa shape index (κ2) is 3.94. The van der Waals surface area contributed by atoms with E-state index in [1.165, 1.54) is 11.0 Å². The van der Waals surface area contributed by atoms with Crippen LogP contribution in [-0.2, 0) is 12.6 Å². The zero-order valence-electron chi connectivity index (χ0n) is 8.92. The van der Waals surface area contributed by atoms with Crippen LogP contribution in [0.2, 0.25) is 0 Å². The number of primary amides is 1. The predicted molar refractivity (Wildman–Crippen MR) is 56.7 cm³/mol. The maximum atomic E-state index is 12.6. The lowest BCUT2D eigenvalue weighted by Crippen LogP contribution is -2.39. The molecule has 6 heteroatoms. The summed E-state index contributed by atoms with van der Waals surface area (Å²) in [5.41, 5.74) is 5.39. The van der Waals surface area contributed by atoms with Gasteiger partial charge in [-0.25, -0.2) is 4.79 Å². The number of carbonyl (C=O) groups excluding carboxylic acids is 1. The van der Waals surface area contributed by atoms with Crippen molar-refractivity contribution in [3.63, 3.8) is 0 Å². The molecule has 92 valence electrons. The second-order valence-corrected chi connectivity index (χ2v) is 3.93. The summed E-state index contributed by atoms with van der Waals surface area (Å²) < 4.78 is 37.7. The number of alkyl halides is 3. The summed E-state index contributed by atoms with van der Waals surface area (Å²) in [5.74, 6) is 0. The number of rotatable bonds is 0. The molecule has 17 heavy (non-hydrogen) atoms. The summed E-state index contributed by atoms with van der Waals surface area (Å²) in [7, 11) is 0. The summed E-state index contributed by atoms with van der Waals surface area (Å²) in [6.07, 6.45) is -3.03. The molecule has 1 aromatic carbocycles. The topological polar surface area (TPSA) is 46.3 Å². The Morgan fingerprint density at radius 2 is 2.06 bits per heavy atom. The maximum absolute atomic E-state index is 12.6. The van der Waals surface area contributed by atoms with Gasteiger partial charge in [0.05, 0.1) is 5.56 Å². The molecular weight excluding hydrogens is 233 g/mol. The van der Waals surface area contributed by atoms with Crippen LogP contribution in [-0.4, -0.2) is 12.6 Å². The first kappa shape index (κ1) is 11.8. The molecule has 1 aliphatic heterocycles. The van der Waals surface area contributed by atoms with Crippen LogP contribution in [0.3, 0.4) is 0 Å². The first-order valence-electron chi connectivity index (χ1n) is 5.16. The summed E-state index contributed by atoms with van der Waals surface area (Å²) in [5, 5.41) is 0. The highest BCUT2D eigenvalue weighted by Crippen LogP contribution is 2.35. The molecule has 2 N–H and O–H groups in total. The van der Waals surface area contributed by atoms with E-state index in [0.29, 0.717) is 19.4 Å². The minimum Gasteiger partial charge on any atom is -0.351 e. The van der Waals surface area contributed by atoms with Crippen LogP contribution in [0.4, 0.5) is 23.7 Å². The molecule has 0 aliphatic carbocycles. The Morgan fingerprint density at radius 1 is 1.35 bits per heavy atom. The first-order chi connectivity index (χ1) is 7.89. The van der Waals surface area contributed by atoms with Crippen LogP contribution < -0.4 is 10.6 Å². The molecule has 0 atom stereocenters. The lowest BCUT2D eigenvalue weighted by atomic mass is 9.99. The first-order valence-corrected chi connectivity index (χ1v) is 5.16. The van der Waals surface area contributed by atoms with Gasteiger partial charge in [0.15, 0.2) is 0 Å². The van der Waals surface area contributed by atoms with E-state index < -0.39 is 17.8 Å². The van der Waals surface area contributed by atoms with E-state index in [2.05, 4.69) is 0 Å². The molecule has 1 aliphatic rings. The Hall–Kier alpha value is -1.72. The number of halogens is 3. The molecule has 1 heterocycles. The third kappa shape index (κ3) is 2.20. The molecule has 1 aromatic rings. The third-order valence-electron chi connectivity index (χ3n) is 2.80. The largest absolute Gasteiger partial charge is 0.416 e. The average Bonchev–Trinajstić information content (AvgIpc) is 2.26. The van der Waals surface area contributed by atoms with E-state index in [9.17, 15) is 18.0 Å². The number of nitrogens with zero attached hydrogens (tertiary/aromatic N) is 1. The molecule has 3 nitrogen and oxygen atoms in total. The molecule has 2 rings (SSSR count). The monoisotopic (exact) mass is 244 g/mol. The minimum absolute atomic E-state index is 0.276. The number of benzene rings is 1. The van der Waals surface area contributed by atoms with Crippen LogP contribution in [0, 0.1) is 0 Å². The average molecular weight is 244 g/mol. The van der Waals surface area contributed by atoms with Gasteiger partial charge in [-0.15, -0.1) is 0 Å². The molecule has 0 radical (unpaired) electrons. The van der Waals surface area contributed by atoms with Gasteiger partial charge in [-0.3, -0.25) is 4.90 Å². The smallest absolute Gasteiger partial charge is 0.351 e. The highest BCUT2D eigenvalue weighted by Gasteiger charge is 2.32. The Morgan fingerprint density at radius 3 is 2.65 bits per heavy atom. The SMILES string of the molecule is NC(=O)N1CCCc2ccc(C(F)(F)F)cc21. The Labute approximate surface area is 96.0 Å². The number of urea groups is 1. The highest BCUT2D eigenvalue weighted by molar-refractivity contribution is 5.92. The fraction of sp³-hybridized carbons (Fsp3) is 0.364. The van der Waals surface area contributed by atoms with Crippen LogP contribution >= 0.6 is 0 Å². The van der Waals surface area contributed by atoms with Crippen molar-refractivity contribution in [1.29, 1.82) is 0 Å². The van der Waals surface area contributed by atoms with Gasteiger partial charge in [-0.05, 0) is 30.5 Å². The van der Waals surface area contributed by atoms with E-state index >= 15 is 0 Å². The molecule has 0 aromatic heterocycles. The number of aryl methyl sites for hydroxylation is 1. The predicted octanol–water partition coefficient (Wildman–Crippen LogP) is 2.54. The normalized spacial score (nSPS) is 15.6. The van der Waals surface area contributed by atoms with Crippen molar-refractivity contribution in [2.24, 2.45) is 5.73 Å². The zero-order valence-corrected chi connectivity index (χ0v) is 8.92. The molecule has 0 spiro atoms. The summed E-state index contributed by atoms with van der Waals surface area (Å²) in [4.78, 5) is 12.3. The molecule has 2 amide bonds. The van der Waals surface area contributed by atoms with Crippen molar-refractivity contribution >= 4 is 11.7 Å². The summed E-state index contributed by atoms with van der Waals surface area (Å²) in [6, 6.07) is 2.71. The van der Waals surface area contributed by atoms with Crippen LogP contribution in [0.25, 0.3) is 0 Å². The quantitative estimate of drug-likeness (QED) is 0.749. The fourth-order valence-corrected chi connectivity index (χ4v) is 1.98. The maximum Gasteiger partial charge on any atom is 0.416 e. The van der Waals surface area contributed by atoms with Gasteiger partial charge in [-0.1, -0.05) is 6.07 Å². The van der Waals surface area contributed by atoms with Gasteiger partial charge in [0, 0.05) is 12.2 Å². The van der Waals surface area contributed by atoms with Gasteiger partial charge in [0.25, 0.3) is 0 Å². The molecular formula is C11H11F3N2O. The van der Waals surface area contributed by atoms with E-state index in [-0.39, 0.29) is 5.69 Å². The lowest BCUT2D eigenvalue weighted by Gasteiger charge is -2.28. The van der Waals surface area contributed by atoms with E-state index in [4.69, 9.17) is 5.73 Å². The van der Waals surface area contributed by atoms with E-state index in [0.717, 1.165) is 17.7 Å². The van der Waals surface area contributed by atoms with E-state index in [1.54, 1.807) is 0 Å². The Bertz CT molecular complexity index is 457. The molecule has 0 unspecified atom stereocenters. The van der Waals surface area contributed by atoms with Crippen molar-refractivity contribution in [2.45, 2.75) is 19.0 Å². The third-order valence-corrected chi connectivity index (χ3v) is 2.80. The zero-order chi connectivity index (χ0) is 12.6. The van der Waals surface area contributed by atoms with Crippen molar-refractivity contribution in [1.82, 2.24) is 0 Å². The Kier molecular flexibility index (Phi) is 2.73. The van der Waals surface area contributed by atoms with Gasteiger partial charge < -0.3 is 5.73 Å². The molecule has 0 saturated heterocycles. The number of hydrogen-bond acceptors (Lipinski definition) is 1. The number of amides is 2. The summed E-state index contributed by atoms with van der Waals surface area (Å²) >= 11 is 0. The van der Waals surface area contributed by atoms with E-state index in [1.807, 2.05) is 0 Å². The van der Waals surface area contributed by atoms with Gasteiger partial charge in [0.1, 0.15) is 0 Å². The van der Waals surface area contributed by atoms with Gasteiger partial charge >= 0.3 is 12.2 Å². The van der Waals surface area contributed by atoms with Crippen molar-refractivity contribution in [3.05, 3.63) is 29.3 Å². The van der Waals surface area contributed by atoms with Crippen LogP contribution in [0.1, 0.15) is 17.5 Å². The number of nitrogens with two attached hydrogens (primary N) is 1. The van der Waals surface area contributed by atoms with Gasteiger partial charge in [0.2, 0.25) is 0 Å². The highest BCUT2D eigenvalue weighted by atomic mass is 19.4. The fourth-order valence-electron chi connectivity index (χ4n) is 1.98. The van der Waals surface area contributed by atoms with Crippen LogP contribution in [0.5, 0.6) is 0 Å². The van der Waals surface area contributed by atoms with Crippen molar-refractivity contribution < 1.29 is 18.0 Å². The molecule has 0 fully saturated rings. The molecule has 0 bridgehead atoms. The van der Waals surface area contributed by atoms with Crippen molar-refractivity contribution in [3.8, 4) is 0 Å². The standard InChI is InChI=1S/C11H11F3N2O/c12-11(13,14)8-4-3-7-2-1-5-16(10(15)17)9(7)6-8/h3-4,6H,1-2,5H2,(H2,15,17).